The van der Waals surface area contributed by atoms with Crippen molar-refractivity contribution in [2.24, 2.45) is 4.99 Å². The lowest BCUT2D eigenvalue weighted by Crippen LogP contribution is -2.54. The average Bonchev–Trinajstić information content (AvgIpc) is 3.08. The monoisotopic (exact) mass is 394 g/mol. The number of imidazole rings is 1. The first-order chi connectivity index (χ1) is 12.6. The number of aromatic nitrogens is 2. The first-order valence-electron chi connectivity index (χ1n) is 9.02. The van der Waals surface area contributed by atoms with E-state index < -0.39 is 17.2 Å². The highest BCUT2D eigenvalue weighted by atomic mass is 32.1. The van der Waals surface area contributed by atoms with E-state index in [-0.39, 0.29) is 0 Å². The Hall–Kier alpha value is -2.29. The zero-order valence-electron chi connectivity index (χ0n) is 16.9. The molecule has 0 aromatic carbocycles. The number of thiazole rings is 1. The van der Waals surface area contributed by atoms with Crippen molar-refractivity contribution in [2.75, 3.05) is 13.1 Å². The zero-order valence-corrected chi connectivity index (χ0v) is 17.7. The van der Waals surface area contributed by atoms with Gasteiger partial charge in [-0.15, -0.1) is 11.3 Å². The lowest BCUT2D eigenvalue weighted by atomic mass is 10.1. The summed E-state index contributed by atoms with van der Waals surface area (Å²) >= 11 is 1.60. The summed E-state index contributed by atoms with van der Waals surface area (Å²) in [6.45, 7) is 13.1. The van der Waals surface area contributed by atoms with Gasteiger partial charge in [0.1, 0.15) is 5.60 Å². The summed E-state index contributed by atoms with van der Waals surface area (Å²) in [7, 11) is 0. The average molecular weight is 395 g/mol. The summed E-state index contributed by atoms with van der Waals surface area (Å²) in [5, 5.41) is 11.3. The Morgan fingerprint density at radius 1 is 1.30 bits per heavy atom. The fourth-order valence-corrected chi connectivity index (χ4v) is 3.00. The van der Waals surface area contributed by atoms with Crippen LogP contribution in [-0.2, 0) is 11.3 Å². The van der Waals surface area contributed by atoms with Gasteiger partial charge < -0.3 is 20.7 Å². The summed E-state index contributed by atoms with van der Waals surface area (Å²) in [6.07, 6.45) is 3.52. The smallest absolute Gasteiger partial charge is 0.408 e. The van der Waals surface area contributed by atoms with E-state index in [0.29, 0.717) is 19.0 Å². The third-order valence-electron chi connectivity index (χ3n) is 3.42. The number of alkyl carbamates (subject to hydrolysis) is 1. The number of hydrogen-bond acceptors (Lipinski definition) is 5. The Labute approximate surface area is 164 Å². The molecule has 3 N–H and O–H groups in total. The van der Waals surface area contributed by atoms with Gasteiger partial charge in [0.05, 0.1) is 17.8 Å². The third kappa shape index (κ3) is 7.09. The molecule has 0 fully saturated rings. The second kappa shape index (κ2) is 8.60. The van der Waals surface area contributed by atoms with E-state index in [9.17, 15) is 4.79 Å². The van der Waals surface area contributed by atoms with Crippen LogP contribution < -0.4 is 16.0 Å². The van der Waals surface area contributed by atoms with Crippen molar-refractivity contribution in [1.82, 2.24) is 25.3 Å². The van der Waals surface area contributed by atoms with Crippen molar-refractivity contribution in [1.29, 1.82) is 0 Å². The van der Waals surface area contributed by atoms with Gasteiger partial charge in [0, 0.05) is 30.9 Å². The molecular weight excluding hydrogens is 364 g/mol. The molecule has 0 aliphatic carbocycles. The van der Waals surface area contributed by atoms with E-state index in [1.165, 1.54) is 0 Å². The lowest BCUT2D eigenvalue weighted by Gasteiger charge is -2.29. The van der Waals surface area contributed by atoms with E-state index in [4.69, 9.17) is 4.74 Å². The van der Waals surface area contributed by atoms with E-state index >= 15 is 0 Å². The van der Waals surface area contributed by atoms with Crippen LogP contribution in [0.25, 0.3) is 4.96 Å². The highest BCUT2D eigenvalue weighted by Crippen LogP contribution is 2.12. The second-order valence-electron chi connectivity index (χ2n) is 7.88. The minimum atomic E-state index is -0.526. The minimum Gasteiger partial charge on any atom is -0.444 e. The van der Waals surface area contributed by atoms with Gasteiger partial charge >= 0.3 is 6.09 Å². The van der Waals surface area contributed by atoms with Crippen LogP contribution in [0, 0.1) is 0 Å². The maximum absolute atomic E-state index is 12.0. The van der Waals surface area contributed by atoms with Crippen LogP contribution in [0.15, 0.2) is 22.8 Å². The number of amides is 1. The number of nitrogens with one attached hydrogen (secondary N) is 3. The molecule has 2 heterocycles. The molecule has 0 bridgehead atoms. The van der Waals surface area contributed by atoms with Crippen LogP contribution in [0.3, 0.4) is 0 Å². The normalized spacial score (nSPS) is 12.9. The number of nitrogens with zero attached hydrogens (tertiary/aromatic N) is 3. The molecule has 2 aromatic heterocycles. The Bertz CT molecular complexity index is 759. The molecule has 0 aliphatic heterocycles. The Morgan fingerprint density at radius 2 is 2.04 bits per heavy atom. The molecule has 0 unspecified atom stereocenters. The fraction of sp³-hybridized carbons (Fsp3) is 0.611. The first-order valence-corrected chi connectivity index (χ1v) is 9.90. The number of fused-ring (bicyclic) bond motifs is 1. The number of carbonyl (C=O) groups excluding carboxylic acids is 1. The summed E-state index contributed by atoms with van der Waals surface area (Å²) < 4.78 is 7.31. The quantitative estimate of drug-likeness (QED) is 0.518. The van der Waals surface area contributed by atoms with Gasteiger partial charge in [-0.05, 0) is 41.5 Å². The summed E-state index contributed by atoms with van der Waals surface area (Å²) in [6, 6.07) is 0. The molecule has 2 aromatic rings. The molecule has 0 atom stereocenters. The molecule has 0 radical (unpaired) electrons. The number of ether oxygens (including phenoxy) is 1. The Balaban J connectivity index is 1.91. The highest BCUT2D eigenvalue weighted by molar-refractivity contribution is 7.15. The van der Waals surface area contributed by atoms with Gasteiger partial charge in [0.25, 0.3) is 0 Å². The Kier molecular flexibility index (Phi) is 6.69. The predicted molar refractivity (Wildman–Crippen MR) is 109 cm³/mol. The number of rotatable bonds is 6. The lowest BCUT2D eigenvalue weighted by molar-refractivity contribution is 0.0474. The van der Waals surface area contributed by atoms with Gasteiger partial charge in [0.2, 0.25) is 0 Å². The molecule has 0 saturated heterocycles. The number of hydrogen-bond donors (Lipinski definition) is 3. The topological polar surface area (TPSA) is 92.0 Å². The van der Waals surface area contributed by atoms with Crippen molar-refractivity contribution in [2.45, 2.75) is 59.2 Å². The van der Waals surface area contributed by atoms with Crippen LogP contribution in [-0.4, -0.2) is 45.7 Å². The molecule has 0 aliphatic rings. The summed E-state index contributed by atoms with van der Waals surface area (Å²) in [5.74, 6) is 0.674. The van der Waals surface area contributed by atoms with Crippen LogP contribution >= 0.6 is 11.3 Å². The van der Waals surface area contributed by atoms with Crippen molar-refractivity contribution in [3.63, 3.8) is 0 Å². The van der Waals surface area contributed by atoms with Gasteiger partial charge in [-0.2, -0.15) is 0 Å². The minimum absolute atomic E-state index is 0.436. The molecule has 9 heteroatoms. The van der Waals surface area contributed by atoms with Crippen molar-refractivity contribution >= 4 is 28.4 Å². The van der Waals surface area contributed by atoms with E-state index in [1.807, 2.05) is 63.7 Å². The molecule has 8 nitrogen and oxygen atoms in total. The van der Waals surface area contributed by atoms with Crippen molar-refractivity contribution < 1.29 is 9.53 Å². The molecule has 150 valence electrons. The van der Waals surface area contributed by atoms with Crippen LogP contribution in [0.4, 0.5) is 4.79 Å². The van der Waals surface area contributed by atoms with Gasteiger partial charge in [-0.3, -0.25) is 4.40 Å². The van der Waals surface area contributed by atoms with E-state index in [0.717, 1.165) is 17.2 Å². The van der Waals surface area contributed by atoms with Crippen molar-refractivity contribution in [3.8, 4) is 0 Å². The van der Waals surface area contributed by atoms with Crippen LogP contribution in [0.5, 0.6) is 0 Å². The number of carbonyl (C=O) groups is 1. The van der Waals surface area contributed by atoms with Crippen LogP contribution in [0.2, 0.25) is 0 Å². The largest absolute Gasteiger partial charge is 0.444 e. The Morgan fingerprint density at radius 3 is 2.67 bits per heavy atom. The molecule has 0 spiro atoms. The fourth-order valence-electron chi connectivity index (χ4n) is 2.28. The second-order valence-corrected chi connectivity index (χ2v) is 8.76. The molecule has 2 rings (SSSR count). The number of aliphatic imine (C=N–C) groups is 1. The molecule has 27 heavy (non-hydrogen) atoms. The predicted octanol–water partition coefficient (Wildman–Crippen LogP) is 2.75. The van der Waals surface area contributed by atoms with Gasteiger partial charge in [0.15, 0.2) is 10.9 Å². The van der Waals surface area contributed by atoms with E-state index in [1.54, 1.807) is 11.3 Å². The third-order valence-corrected chi connectivity index (χ3v) is 4.19. The summed E-state index contributed by atoms with van der Waals surface area (Å²) in [4.78, 5) is 22.1. The number of guanidine groups is 1. The molecular formula is C18H30N6O2S. The summed E-state index contributed by atoms with van der Waals surface area (Å²) in [5.41, 5.74) is -0.122. The maximum Gasteiger partial charge on any atom is 0.408 e. The van der Waals surface area contributed by atoms with Crippen molar-refractivity contribution in [3.05, 3.63) is 23.5 Å². The maximum atomic E-state index is 12.0. The van der Waals surface area contributed by atoms with Gasteiger partial charge in [-0.25, -0.2) is 14.8 Å². The SMILES string of the molecule is CCNC(=NCc1cn2ccsc2n1)NCC(C)(C)NC(=O)OC(C)(C)C. The highest BCUT2D eigenvalue weighted by Gasteiger charge is 2.24. The standard InChI is InChI=1S/C18H30N6O2S/c1-7-19-14(20-10-13-11-24-8-9-27-15(24)22-13)21-12-18(5,6)23-16(25)26-17(2,3)4/h8-9,11H,7,10,12H2,1-6H3,(H,23,25)(H2,19,20,21). The van der Waals surface area contributed by atoms with Crippen LogP contribution in [0.1, 0.15) is 47.2 Å². The van der Waals surface area contributed by atoms with E-state index in [2.05, 4.69) is 25.9 Å². The molecule has 0 saturated carbocycles. The molecule has 1 amide bonds. The first kappa shape index (κ1) is 21.0. The zero-order chi connectivity index (χ0) is 20.1. The van der Waals surface area contributed by atoms with Gasteiger partial charge in [-0.1, -0.05) is 0 Å².